The number of benzene rings is 4. The molecule has 12 unspecified atom stereocenters. The standard InChI is InChI=1S/C50H55N3O14/c1-52(35(45(59)51-23-24-54)26-31-12-5-2-6-13-31)48(61)49-27-36-41-42(66-50(65-41,33-15-7-3-8-16-33)34-17-9-4-10-18-34)44(49)67-53(43(49)46(60)63-36)28-32-21-19-30(20-22-32)14-11-25-62-47-40(58)39(57)38(56)37(29-55)64-47/h2-22,35-44,47,54-58H,23-29H2,1H3,(H,51,59). The number of rotatable bonds is 16. The summed E-state index contributed by atoms with van der Waals surface area (Å²) in [6.45, 7) is -0.862. The molecule has 1 saturated carbocycles. The van der Waals surface area contributed by atoms with Crippen molar-refractivity contribution in [1.82, 2.24) is 15.3 Å². The molecule has 9 rings (SSSR count). The lowest BCUT2D eigenvalue weighted by Crippen LogP contribution is -2.70. The van der Waals surface area contributed by atoms with Gasteiger partial charge >= 0.3 is 5.97 Å². The number of fused-ring (bicyclic) bond motifs is 4. The van der Waals surface area contributed by atoms with Crippen LogP contribution in [0, 0.1) is 5.41 Å². The summed E-state index contributed by atoms with van der Waals surface area (Å²) in [4.78, 5) is 52.5. The normalized spacial score (nSPS) is 31.2. The molecule has 4 saturated heterocycles. The molecule has 12 atom stereocenters. The van der Waals surface area contributed by atoms with Crippen LogP contribution in [0.2, 0.25) is 0 Å². The Morgan fingerprint density at radius 2 is 1.49 bits per heavy atom. The molecule has 67 heavy (non-hydrogen) atoms. The lowest BCUT2D eigenvalue weighted by Gasteiger charge is -2.50. The van der Waals surface area contributed by atoms with E-state index in [4.69, 9.17) is 28.5 Å². The molecule has 2 amide bonds. The summed E-state index contributed by atoms with van der Waals surface area (Å²) in [5.41, 5.74) is 2.08. The number of carbonyl (C=O) groups excluding carboxylic acids is 3. The molecule has 4 aromatic carbocycles. The second-order valence-electron chi connectivity index (χ2n) is 17.5. The predicted octanol–water partition coefficient (Wildman–Crippen LogP) is 1.18. The van der Waals surface area contributed by atoms with E-state index in [0.29, 0.717) is 11.1 Å². The molecule has 17 nitrogen and oxygen atoms in total. The fourth-order valence-corrected chi connectivity index (χ4v) is 10.1. The molecule has 0 radical (unpaired) electrons. The number of hydrogen-bond donors (Lipinski definition) is 6. The Morgan fingerprint density at radius 3 is 2.13 bits per heavy atom. The highest BCUT2D eigenvalue weighted by Gasteiger charge is 2.77. The summed E-state index contributed by atoms with van der Waals surface area (Å²) >= 11 is 0. The largest absolute Gasteiger partial charge is 0.458 e. The zero-order valence-electron chi connectivity index (χ0n) is 36.7. The monoisotopic (exact) mass is 921 g/mol. The number of hydrogen-bond acceptors (Lipinski definition) is 15. The first kappa shape index (κ1) is 46.7. The summed E-state index contributed by atoms with van der Waals surface area (Å²) in [6.07, 6.45) is -7.13. The summed E-state index contributed by atoms with van der Waals surface area (Å²) in [7, 11) is 1.56. The number of likely N-dealkylation sites (N-methyl/N-ethyl adjacent to an activating group) is 1. The van der Waals surface area contributed by atoms with E-state index in [2.05, 4.69) is 5.32 Å². The molecule has 4 aromatic rings. The number of ether oxygens (including phenoxy) is 5. The zero-order valence-corrected chi connectivity index (χ0v) is 36.7. The van der Waals surface area contributed by atoms with Gasteiger partial charge < -0.3 is 59.4 Å². The number of aliphatic hydroxyl groups excluding tert-OH is 5. The molecule has 0 aromatic heterocycles. The average molecular weight is 922 g/mol. The maximum Gasteiger partial charge on any atom is 0.327 e. The highest BCUT2D eigenvalue weighted by molar-refractivity contribution is 5.96. The van der Waals surface area contributed by atoms with Crippen LogP contribution in [0.3, 0.4) is 0 Å². The van der Waals surface area contributed by atoms with Crippen LogP contribution in [0.4, 0.5) is 0 Å². The van der Waals surface area contributed by atoms with Gasteiger partial charge in [0, 0.05) is 37.6 Å². The molecular formula is C50H55N3O14. The van der Waals surface area contributed by atoms with Gasteiger partial charge in [-0.15, -0.1) is 0 Å². The Bertz CT molecular complexity index is 2340. The summed E-state index contributed by atoms with van der Waals surface area (Å²) in [5, 5.41) is 53.8. The van der Waals surface area contributed by atoms with Crippen molar-refractivity contribution in [3.63, 3.8) is 0 Å². The highest BCUT2D eigenvalue weighted by atomic mass is 16.8. The van der Waals surface area contributed by atoms with Crippen LogP contribution in [0.1, 0.15) is 34.2 Å². The van der Waals surface area contributed by atoms with Crippen molar-refractivity contribution in [3.8, 4) is 0 Å². The second-order valence-corrected chi connectivity index (χ2v) is 17.5. The number of aliphatic hydroxyl groups is 5. The van der Waals surface area contributed by atoms with Crippen molar-refractivity contribution in [3.05, 3.63) is 149 Å². The van der Waals surface area contributed by atoms with Crippen LogP contribution in [-0.2, 0) is 61.7 Å². The molecule has 0 spiro atoms. The minimum Gasteiger partial charge on any atom is -0.458 e. The molecule has 1 aliphatic carbocycles. The number of amides is 2. The van der Waals surface area contributed by atoms with Crippen molar-refractivity contribution < 1.29 is 68.4 Å². The topological polar surface area (TPSA) is 226 Å². The van der Waals surface area contributed by atoms with Gasteiger partial charge in [-0.1, -0.05) is 127 Å². The fraction of sp³-hybridized carbons (Fsp3) is 0.420. The van der Waals surface area contributed by atoms with E-state index in [0.717, 1.165) is 16.7 Å². The molecule has 4 aliphatic heterocycles. The van der Waals surface area contributed by atoms with Gasteiger partial charge in [0.25, 0.3) is 0 Å². The van der Waals surface area contributed by atoms with Crippen LogP contribution >= 0.6 is 0 Å². The Hall–Kier alpha value is -5.41. The van der Waals surface area contributed by atoms with E-state index >= 15 is 4.79 Å². The molecule has 354 valence electrons. The van der Waals surface area contributed by atoms with E-state index in [9.17, 15) is 35.1 Å². The van der Waals surface area contributed by atoms with Gasteiger partial charge in [0.15, 0.2) is 12.3 Å². The summed E-state index contributed by atoms with van der Waals surface area (Å²) < 4.78 is 31.4. The van der Waals surface area contributed by atoms with Gasteiger partial charge in [-0.3, -0.25) is 19.2 Å². The van der Waals surface area contributed by atoms with E-state index in [1.54, 1.807) is 19.2 Å². The number of nitrogens with zero attached hydrogens (tertiary/aromatic N) is 2. The third kappa shape index (κ3) is 8.70. The van der Waals surface area contributed by atoms with Gasteiger partial charge in [0.2, 0.25) is 17.6 Å². The molecule has 6 N–H and O–H groups in total. The van der Waals surface area contributed by atoms with Crippen molar-refractivity contribution in [2.45, 2.75) is 92.4 Å². The van der Waals surface area contributed by atoms with Crippen LogP contribution in [0.25, 0.3) is 6.08 Å². The van der Waals surface area contributed by atoms with Crippen LogP contribution in [0.15, 0.2) is 121 Å². The molecule has 4 heterocycles. The van der Waals surface area contributed by atoms with E-state index in [1.165, 1.54) is 9.96 Å². The van der Waals surface area contributed by atoms with Crippen LogP contribution in [0.5, 0.6) is 0 Å². The van der Waals surface area contributed by atoms with Crippen molar-refractivity contribution >= 4 is 23.9 Å². The Kier molecular flexibility index (Phi) is 13.7. The number of carbonyl (C=O) groups is 3. The maximum absolute atomic E-state index is 15.7. The van der Waals surface area contributed by atoms with E-state index < -0.39 is 103 Å². The average Bonchev–Trinajstić information content (AvgIpc) is 3.94. The van der Waals surface area contributed by atoms with Crippen molar-refractivity contribution in [1.29, 1.82) is 0 Å². The molecule has 17 heteroatoms. The van der Waals surface area contributed by atoms with Gasteiger partial charge in [0.05, 0.1) is 26.4 Å². The number of esters is 1. The molecule has 5 aliphatic rings. The minimum atomic E-state index is -1.61. The minimum absolute atomic E-state index is 0.0170. The maximum atomic E-state index is 15.7. The van der Waals surface area contributed by atoms with Crippen LogP contribution < -0.4 is 5.32 Å². The Morgan fingerprint density at radius 1 is 0.851 bits per heavy atom. The number of hydroxylamine groups is 2. The predicted molar refractivity (Wildman–Crippen MR) is 237 cm³/mol. The SMILES string of the molecule is CN(C(=O)C12CC3OC(=O)C1N(Cc1ccc(C=CCOC4OC(CO)C(O)C(O)C4O)cc1)OC2C1OC(c2ccccc2)(c2ccccc2)OC31)C(Cc1ccccc1)C(=O)NCCO. The van der Waals surface area contributed by atoms with E-state index in [-0.39, 0.29) is 39.1 Å². The van der Waals surface area contributed by atoms with Gasteiger partial charge in [0.1, 0.15) is 60.3 Å². The first-order chi connectivity index (χ1) is 32.5. The van der Waals surface area contributed by atoms with Gasteiger partial charge in [-0.2, -0.15) is 5.06 Å². The first-order valence-electron chi connectivity index (χ1n) is 22.5. The quantitative estimate of drug-likeness (QED) is 0.0869. The van der Waals surface area contributed by atoms with Gasteiger partial charge in [-0.25, -0.2) is 0 Å². The molecular weight excluding hydrogens is 867 g/mol. The smallest absolute Gasteiger partial charge is 0.327 e. The summed E-state index contributed by atoms with van der Waals surface area (Å²) in [6, 6.07) is 33.2. The fourth-order valence-electron chi connectivity index (χ4n) is 10.1. The summed E-state index contributed by atoms with van der Waals surface area (Å²) in [5.74, 6) is -3.12. The van der Waals surface area contributed by atoms with Crippen molar-refractivity contribution in [2.24, 2.45) is 5.41 Å². The third-order valence-electron chi connectivity index (χ3n) is 13.5. The lowest BCUT2D eigenvalue weighted by molar-refractivity contribution is -0.298. The third-order valence-corrected chi connectivity index (χ3v) is 13.5. The lowest BCUT2D eigenvalue weighted by atomic mass is 9.62. The molecule has 5 fully saturated rings. The Labute approximate surface area is 387 Å². The molecule has 2 bridgehead atoms. The van der Waals surface area contributed by atoms with Gasteiger partial charge in [-0.05, 0) is 16.7 Å². The first-order valence-corrected chi connectivity index (χ1v) is 22.5. The zero-order chi connectivity index (χ0) is 46.9. The Balaban J connectivity index is 1.02. The van der Waals surface area contributed by atoms with E-state index in [1.807, 2.05) is 115 Å². The van der Waals surface area contributed by atoms with Crippen LogP contribution in [-0.4, -0.2) is 154 Å². The van der Waals surface area contributed by atoms with Crippen molar-refractivity contribution in [2.75, 3.05) is 33.4 Å². The highest BCUT2D eigenvalue weighted by Crippen LogP contribution is 2.59. The number of nitrogens with one attached hydrogen (secondary N) is 1. The second kappa shape index (κ2) is 19.7.